The Morgan fingerprint density at radius 1 is 1.00 bits per heavy atom. The van der Waals surface area contributed by atoms with E-state index < -0.39 is 0 Å². The second-order valence-electron chi connectivity index (χ2n) is 5.61. The van der Waals surface area contributed by atoms with Crippen LogP contribution in [-0.2, 0) is 0 Å². The number of aromatic nitrogens is 2. The molecule has 5 nitrogen and oxygen atoms in total. The average molecular weight is 353 g/mol. The number of hydrogen-bond acceptors (Lipinski definition) is 4. The minimum absolute atomic E-state index is 0.271. The molecule has 2 N–H and O–H groups in total. The number of aryl methyl sites for hydroxylation is 2. The first kappa shape index (κ1) is 16.9. The summed E-state index contributed by atoms with van der Waals surface area (Å²) in [5.74, 6) is 0.205. The molecule has 0 bridgehead atoms. The van der Waals surface area contributed by atoms with Gasteiger partial charge in [0, 0.05) is 11.8 Å². The lowest BCUT2D eigenvalue weighted by atomic mass is 10.1. The predicted molar refractivity (Wildman–Crippen MR) is 101 cm³/mol. The number of anilines is 3. The van der Waals surface area contributed by atoms with Crippen LogP contribution in [0.3, 0.4) is 0 Å². The van der Waals surface area contributed by atoms with E-state index in [2.05, 4.69) is 20.6 Å². The maximum atomic E-state index is 12.5. The first-order chi connectivity index (χ1) is 12.0. The second kappa shape index (κ2) is 7.32. The van der Waals surface area contributed by atoms with E-state index in [1.807, 2.05) is 50.2 Å². The molecule has 1 aromatic heterocycles. The Kier molecular flexibility index (Phi) is 4.95. The Morgan fingerprint density at radius 2 is 1.72 bits per heavy atom. The molecule has 0 atom stereocenters. The molecular formula is C19H17ClN4O. The van der Waals surface area contributed by atoms with Crippen molar-refractivity contribution >= 4 is 34.7 Å². The predicted octanol–water partition coefficient (Wildman–Crippen LogP) is 4.74. The van der Waals surface area contributed by atoms with Crippen LogP contribution in [0.5, 0.6) is 0 Å². The van der Waals surface area contributed by atoms with Crippen LogP contribution in [0.2, 0.25) is 5.02 Å². The number of amides is 1. The van der Waals surface area contributed by atoms with Crippen LogP contribution in [0.15, 0.2) is 54.9 Å². The van der Waals surface area contributed by atoms with Crippen molar-refractivity contribution in [3.8, 4) is 0 Å². The zero-order valence-electron chi connectivity index (χ0n) is 13.9. The van der Waals surface area contributed by atoms with E-state index in [0.717, 1.165) is 16.8 Å². The molecule has 0 aliphatic rings. The molecule has 1 heterocycles. The van der Waals surface area contributed by atoms with Crippen LogP contribution in [0.25, 0.3) is 0 Å². The van der Waals surface area contributed by atoms with Gasteiger partial charge in [-0.05, 0) is 37.1 Å². The molecule has 0 fully saturated rings. The van der Waals surface area contributed by atoms with E-state index in [1.165, 1.54) is 6.33 Å². The van der Waals surface area contributed by atoms with Crippen molar-refractivity contribution in [3.05, 3.63) is 76.7 Å². The van der Waals surface area contributed by atoms with Gasteiger partial charge >= 0.3 is 0 Å². The third kappa shape index (κ3) is 3.95. The van der Waals surface area contributed by atoms with Gasteiger partial charge in [0.15, 0.2) is 0 Å². The van der Waals surface area contributed by atoms with E-state index in [4.69, 9.17) is 11.6 Å². The number of para-hydroxylation sites is 2. The Labute approximate surface area is 151 Å². The largest absolute Gasteiger partial charge is 0.339 e. The Morgan fingerprint density at radius 3 is 2.44 bits per heavy atom. The summed E-state index contributed by atoms with van der Waals surface area (Å²) in [6.45, 7) is 3.90. The monoisotopic (exact) mass is 352 g/mol. The Hall–Kier alpha value is -2.92. The van der Waals surface area contributed by atoms with Crippen molar-refractivity contribution in [1.82, 2.24) is 9.97 Å². The van der Waals surface area contributed by atoms with Crippen LogP contribution in [0, 0.1) is 13.8 Å². The van der Waals surface area contributed by atoms with Crippen LogP contribution in [0.1, 0.15) is 21.6 Å². The summed E-state index contributed by atoms with van der Waals surface area (Å²) < 4.78 is 0. The molecule has 0 aliphatic heterocycles. The number of nitrogens with one attached hydrogen (secondary N) is 2. The number of halogens is 1. The summed E-state index contributed by atoms with van der Waals surface area (Å²) >= 11 is 6.13. The molecule has 6 heteroatoms. The number of hydrogen-bond donors (Lipinski definition) is 2. The lowest BCUT2D eigenvalue weighted by Gasteiger charge is -2.12. The van der Waals surface area contributed by atoms with E-state index in [1.54, 1.807) is 12.1 Å². The fraction of sp³-hybridized carbons (Fsp3) is 0.105. The normalized spacial score (nSPS) is 10.4. The highest BCUT2D eigenvalue weighted by Gasteiger charge is 2.12. The summed E-state index contributed by atoms with van der Waals surface area (Å²) in [6.07, 6.45) is 1.35. The highest BCUT2D eigenvalue weighted by molar-refractivity contribution is 6.33. The highest BCUT2D eigenvalue weighted by atomic mass is 35.5. The van der Waals surface area contributed by atoms with Crippen molar-refractivity contribution < 1.29 is 4.79 Å². The Balaban J connectivity index is 1.81. The highest BCUT2D eigenvalue weighted by Crippen LogP contribution is 2.24. The van der Waals surface area contributed by atoms with Gasteiger partial charge in [-0.2, -0.15) is 0 Å². The average Bonchev–Trinajstić information content (AvgIpc) is 2.60. The smallest absolute Gasteiger partial charge is 0.274 e. The van der Waals surface area contributed by atoms with Crippen LogP contribution in [0.4, 0.5) is 17.2 Å². The van der Waals surface area contributed by atoms with Crippen LogP contribution in [-0.4, -0.2) is 15.9 Å². The van der Waals surface area contributed by atoms with Gasteiger partial charge in [0.05, 0.1) is 10.7 Å². The van der Waals surface area contributed by atoms with Gasteiger partial charge in [-0.1, -0.05) is 41.9 Å². The molecule has 25 heavy (non-hydrogen) atoms. The molecule has 0 spiro atoms. The number of rotatable bonds is 4. The SMILES string of the molecule is Cc1cccc(C)c1NC(=O)c1cc(Nc2ccccc2Cl)ncn1. The third-order valence-electron chi connectivity index (χ3n) is 3.76. The number of nitrogens with zero attached hydrogens (tertiary/aromatic N) is 2. The zero-order chi connectivity index (χ0) is 17.8. The minimum atomic E-state index is -0.290. The third-order valence-corrected chi connectivity index (χ3v) is 4.09. The van der Waals surface area contributed by atoms with Crippen molar-refractivity contribution in [2.45, 2.75) is 13.8 Å². The molecule has 0 saturated carbocycles. The van der Waals surface area contributed by atoms with Gasteiger partial charge in [0.1, 0.15) is 17.8 Å². The van der Waals surface area contributed by atoms with Gasteiger partial charge in [-0.25, -0.2) is 9.97 Å². The van der Waals surface area contributed by atoms with Crippen LogP contribution >= 0.6 is 11.6 Å². The fourth-order valence-corrected chi connectivity index (χ4v) is 2.62. The zero-order valence-corrected chi connectivity index (χ0v) is 14.6. The summed E-state index contributed by atoms with van der Waals surface area (Å²) in [4.78, 5) is 20.7. The maximum absolute atomic E-state index is 12.5. The van der Waals surface area contributed by atoms with Gasteiger partial charge in [0.2, 0.25) is 0 Å². The molecule has 0 saturated heterocycles. The van der Waals surface area contributed by atoms with Gasteiger partial charge in [-0.15, -0.1) is 0 Å². The molecule has 0 aliphatic carbocycles. The standard InChI is InChI=1S/C19H17ClN4O/c1-12-6-5-7-13(2)18(12)24-19(25)16-10-17(22-11-21-16)23-15-9-4-3-8-14(15)20/h3-11H,1-2H3,(H,24,25)(H,21,22,23). The number of benzene rings is 2. The van der Waals surface area contributed by atoms with Crippen molar-refractivity contribution in [2.75, 3.05) is 10.6 Å². The Bertz CT molecular complexity index is 907. The van der Waals surface area contributed by atoms with E-state index in [-0.39, 0.29) is 11.6 Å². The van der Waals surface area contributed by atoms with Gasteiger partial charge in [0.25, 0.3) is 5.91 Å². The van der Waals surface area contributed by atoms with E-state index in [9.17, 15) is 4.79 Å². The maximum Gasteiger partial charge on any atom is 0.274 e. The molecule has 3 rings (SSSR count). The lowest BCUT2D eigenvalue weighted by Crippen LogP contribution is -2.16. The molecule has 0 unspecified atom stereocenters. The molecule has 126 valence electrons. The van der Waals surface area contributed by atoms with Crippen LogP contribution < -0.4 is 10.6 Å². The molecule has 0 radical (unpaired) electrons. The second-order valence-corrected chi connectivity index (χ2v) is 6.02. The summed E-state index contributed by atoms with van der Waals surface area (Å²) in [7, 11) is 0. The first-order valence-corrected chi connectivity index (χ1v) is 8.13. The number of carbonyl (C=O) groups excluding carboxylic acids is 1. The van der Waals surface area contributed by atoms with Gasteiger partial charge < -0.3 is 10.6 Å². The molecule has 2 aromatic carbocycles. The molecule has 3 aromatic rings. The number of carbonyl (C=O) groups is 1. The van der Waals surface area contributed by atoms with E-state index in [0.29, 0.717) is 16.5 Å². The van der Waals surface area contributed by atoms with Crippen molar-refractivity contribution in [2.24, 2.45) is 0 Å². The quantitative estimate of drug-likeness (QED) is 0.711. The van der Waals surface area contributed by atoms with E-state index >= 15 is 0 Å². The summed E-state index contributed by atoms with van der Waals surface area (Å²) in [6, 6.07) is 14.8. The summed E-state index contributed by atoms with van der Waals surface area (Å²) in [5.41, 5.74) is 3.77. The minimum Gasteiger partial charge on any atom is -0.339 e. The fourth-order valence-electron chi connectivity index (χ4n) is 2.44. The van der Waals surface area contributed by atoms with Crippen molar-refractivity contribution in [1.29, 1.82) is 0 Å². The van der Waals surface area contributed by atoms with Crippen molar-refractivity contribution in [3.63, 3.8) is 0 Å². The lowest BCUT2D eigenvalue weighted by molar-refractivity contribution is 0.102. The topological polar surface area (TPSA) is 66.9 Å². The van der Waals surface area contributed by atoms with Gasteiger partial charge in [-0.3, -0.25) is 4.79 Å². The molecule has 1 amide bonds. The first-order valence-electron chi connectivity index (χ1n) is 7.76. The molecular weight excluding hydrogens is 336 g/mol. The summed E-state index contributed by atoms with van der Waals surface area (Å²) in [5, 5.41) is 6.58.